The number of rotatable bonds is 1. The Morgan fingerprint density at radius 3 is 2.29 bits per heavy atom. The van der Waals surface area contributed by atoms with Crippen LogP contribution in [0.2, 0.25) is 0 Å². The molecule has 0 spiro atoms. The first-order valence-electron chi connectivity index (χ1n) is 7.07. The molecular weight excluding hydrogens is 293 g/mol. The van der Waals surface area contributed by atoms with E-state index < -0.39 is 5.51 Å². The van der Waals surface area contributed by atoms with Crippen molar-refractivity contribution in [3.63, 3.8) is 0 Å². The van der Waals surface area contributed by atoms with Crippen molar-refractivity contribution in [3.05, 3.63) is 29.3 Å². The van der Waals surface area contributed by atoms with E-state index in [0.717, 1.165) is 18.4 Å². The van der Waals surface area contributed by atoms with Crippen LogP contribution in [0.4, 0.5) is 13.2 Å². The first-order chi connectivity index (χ1) is 9.65. The van der Waals surface area contributed by atoms with Crippen molar-refractivity contribution in [2.45, 2.75) is 55.9 Å². The van der Waals surface area contributed by atoms with Gasteiger partial charge in [0.1, 0.15) is 0 Å². The van der Waals surface area contributed by atoms with E-state index in [1.165, 1.54) is 6.42 Å². The molecule has 0 saturated heterocycles. The molecule has 1 saturated carbocycles. The van der Waals surface area contributed by atoms with Crippen molar-refractivity contribution >= 4 is 11.8 Å². The van der Waals surface area contributed by atoms with Crippen LogP contribution in [-0.2, 0) is 5.41 Å². The third kappa shape index (κ3) is 4.71. The van der Waals surface area contributed by atoms with E-state index in [4.69, 9.17) is 0 Å². The summed E-state index contributed by atoms with van der Waals surface area (Å²) in [5.41, 5.74) is -3.09. The van der Waals surface area contributed by atoms with Gasteiger partial charge in [0.15, 0.2) is 0 Å². The van der Waals surface area contributed by atoms with E-state index in [2.05, 4.69) is 11.8 Å². The second-order valence-corrected chi connectivity index (χ2v) is 7.51. The summed E-state index contributed by atoms with van der Waals surface area (Å²) >= 11 is -0.0676. The van der Waals surface area contributed by atoms with Gasteiger partial charge in [0, 0.05) is 16.4 Å². The zero-order chi connectivity index (χ0) is 15.7. The predicted molar refractivity (Wildman–Crippen MR) is 81.3 cm³/mol. The van der Waals surface area contributed by atoms with Crippen molar-refractivity contribution in [1.82, 2.24) is 0 Å². The quantitative estimate of drug-likeness (QED) is 0.470. The van der Waals surface area contributed by atoms with Gasteiger partial charge in [-0.2, -0.15) is 13.2 Å². The Labute approximate surface area is 128 Å². The molecule has 21 heavy (non-hydrogen) atoms. The maximum absolute atomic E-state index is 12.7. The number of alkyl halides is 3. The minimum absolute atomic E-state index is 0.0676. The smallest absolute Gasteiger partial charge is 0.160 e. The van der Waals surface area contributed by atoms with Crippen molar-refractivity contribution in [3.8, 4) is 11.8 Å². The molecule has 2 rings (SSSR count). The summed E-state index contributed by atoms with van der Waals surface area (Å²) < 4.78 is 38.2. The van der Waals surface area contributed by atoms with Gasteiger partial charge in [0.25, 0.3) is 0 Å². The number of hydrogen-bond acceptors (Lipinski definition) is 1. The van der Waals surface area contributed by atoms with Gasteiger partial charge in [-0.25, -0.2) is 0 Å². The van der Waals surface area contributed by atoms with Crippen LogP contribution in [0.15, 0.2) is 23.1 Å². The molecule has 0 aromatic heterocycles. The summed E-state index contributed by atoms with van der Waals surface area (Å²) in [6.07, 6.45) is 3.30. The van der Waals surface area contributed by atoms with Gasteiger partial charge in [-0.3, -0.25) is 0 Å². The standard InChI is InChI=1S/C17H19F3S/c1-16(2,3)14-10-9-13(8-7-12-5-4-6-12)15(11-14)21-17(18,19)20/h9-12H,4-6H2,1-3H3. The fraction of sp³-hybridized carbons (Fsp3) is 0.529. The molecule has 114 valence electrons. The molecule has 0 aliphatic heterocycles. The highest BCUT2D eigenvalue weighted by Gasteiger charge is 2.31. The Hall–Kier alpha value is -1.08. The Bertz CT molecular complexity index is 566. The van der Waals surface area contributed by atoms with E-state index in [1.54, 1.807) is 12.1 Å². The van der Waals surface area contributed by atoms with Crippen LogP contribution < -0.4 is 0 Å². The van der Waals surface area contributed by atoms with E-state index in [-0.39, 0.29) is 22.1 Å². The molecule has 0 amide bonds. The number of thioether (sulfide) groups is 1. The van der Waals surface area contributed by atoms with Crippen LogP contribution in [0.1, 0.15) is 51.2 Å². The predicted octanol–water partition coefficient (Wildman–Crippen LogP) is 5.75. The van der Waals surface area contributed by atoms with Crippen molar-refractivity contribution in [1.29, 1.82) is 0 Å². The van der Waals surface area contributed by atoms with Crippen molar-refractivity contribution < 1.29 is 13.2 Å². The summed E-state index contributed by atoms with van der Waals surface area (Å²) in [6.45, 7) is 5.97. The summed E-state index contributed by atoms with van der Waals surface area (Å²) in [6, 6.07) is 5.23. The minimum Gasteiger partial charge on any atom is -0.160 e. The second kappa shape index (κ2) is 5.96. The summed E-state index contributed by atoms with van der Waals surface area (Å²) in [7, 11) is 0. The molecule has 4 heteroatoms. The lowest BCUT2D eigenvalue weighted by molar-refractivity contribution is -0.0328. The van der Waals surface area contributed by atoms with Crippen molar-refractivity contribution in [2.75, 3.05) is 0 Å². The van der Waals surface area contributed by atoms with Crippen LogP contribution in [0.5, 0.6) is 0 Å². The zero-order valence-corrected chi connectivity index (χ0v) is 13.3. The Morgan fingerprint density at radius 2 is 1.81 bits per heavy atom. The fourth-order valence-electron chi connectivity index (χ4n) is 2.03. The molecule has 1 aromatic carbocycles. The largest absolute Gasteiger partial charge is 0.446 e. The first-order valence-corrected chi connectivity index (χ1v) is 7.88. The van der Waals surface area contributed by atoms with Gasteiger partial charge in [0.2, 0.25) is 0 Å². The molecule has 1 aliphatic rings. The average Bonchev–Trinajstić information content (AvgIpc) is 2.25. The molecule has 0 heterocycles. The highest BCUT2D eigenvalue weighted by molar-refractivity contribution is 8.00. The third-order valence-corrected chi connectivity index (χ3v) is 4.38. The molecule has 0 unspecified atom stereocenters. The number of hydrogen-bond donors (Lipinski definition) is 0. The van der Waals surface area contributed by atoms with Gasteiger partial charge in [-0.05, 0) is 47.7 Å². The molecule has 0 nitrogen and oxygen atoms in total. The molecule has 1 fully saturated rings. The number of halogens is 3. The molecule has 0 bridgehead atoms. The lowest BCUT2D eigenvalue weighted by atomic mass is 9.85. The lowest BCUT2D eigenvalue weighted by Gasteiger charge is -2.21. The Kier molecular flexibility index (Phi) is 4.63. The highest BCUT2D eigenvalue weighted by Crippen LogP contribution is 2.40. The van der Waals surface area contributed by atoms with E-state index >= 15 is 0 Å². The molecule has 0 atom stereocenters. The second-order valence-electron chi connectivity index (χ2n) is 6.41. The number of benzene rings is 1. The molecule has 0 N–H and O–H groups in total. The topological polar surface area (TPSA) is 0 Å². The van der Waals surface area contributed by atoms with Gasteiger partial charge >= 0.3 is 5.51 Å². The summed E-state index contributed by atoms with van der Waals surface area (Å²) in [4.78, 5) is 0.210. The van der Waals surface area contributed by atoms with E-state index in [1.807, 2.05) is 26.8 Å². The van der Waals surface area contributed by atoms with Crippen LogP contribution in [0.25, 0.3) is 0 Å². The van der Waals surface area contributed by atoms with E-state index in [9.17, 15) is 13.2 Å². The molecule has 1 aliphatic carbocycles. The molecular formula is C17H19F3S. The Morgan fingerprint density at radius 1 is 1.14 bits per heavy atom. The van der Waals surface area contributed by atoms with Gasteiger partial charge in [-0.15, -0.1) is 0 Å². The van der Waals surface area contributed by atoms with Crippen LogP contribution >= 0.6 is 11.8 Å². The average molecular weight is 312 g/mol. The Balaban J connectivity index is 2.35. The lowest BCUT2D eigenvalue weighted by Crippen LogP contribution is -2.12. The summed E-state index contributed by atoms with van der Waals surface area (Å²) in [5, 5.41) is 0. The first kappa shape index (κ1) is 16.3. The molecule has 0 radical (unpaired) electrons. The fourth-order valence-corrected chi connectivity index (χ4v) is 2.70. The maximum atomic E-state index is 12.7. The minimum atomic E-state index is -4.29. The van der Waals surface area contributed by atoms with E-state index in [0.29, 0.717) is 11.5 Å². The van der Waals surface area contributed by atoms with Crippen LogP contribution in [-0.4, -0.2) is 5.51 Å². The van der Waals surface area contributed by atoms with Crippen molar-refractivity contribution in [2.24, 2.45) is 5.92 Å². The monoisotopic (exact) mass is 312 g/mol. The van der Waals surface area contributed by atoms with Gasteiger partial charge in [0.05, 0.1) is 0 Å². The van der Waals surface area contributed by atoms with Crippen LogP contribution in [0.3, 0.4) is 0 Å². The van der Waals surface area contributed by atoms with Gasteiger partial charge in [-0.1, -0.05) is 45.1 Å². The SMILES string of the molecule is CC(C)(C)c1ccc(C#CC2CCC2)c(SC(F)(F)F)c1. The normalized spacial score (nSPS) is 16.1. The maximum Gasteiger partial charge on any atom is 0.446 e. The van der Waals surface area contributed by atoms with Gasteiger partial charge < -0.3 is 0 Å². The highest BCUT2D eigenvalue weighted by atomic mass is 32.2. The summed E-state index contributed by atoms with van der Waals surface area (Å²) in [5.74, 6) is 6.39. The van der Waals surface area contributed by atoms with Crippen LogP contribution in [0, 0.1) is 17.8 Å². The third-order valence-electron chi connectivity index (χ3n) is 3.59. The molecule has 1 aromatic rings. The zero-order valence-electron chi connectivity index (χ0n) is 12.5.